The number of hydrogen-bond donors (Lipinski definition) is 0. The molecule has 7 heteroatoms. The Balaban J connectivity index is 2.16. The van der Waals surface area contributed by atoms with Gasteiger partial charge in [-0.2, -0.15) is 4.98 Å². The third-order valence-electron chi connectivity index (χ3n) is 2.52. The van der Waals surface area contributed by atoms with Crippen molar-refractivity contribution in [2.45, 2.75) is 26.5 Å². The number of nitrogens with zero attached hydrogens (tertiary/aromatic N) is 3. The van der Waals surface area contributed by atoms with Crippen LogP contribution in [0.4, 0.5) is 0 Å². The van der Waals surface area contributed by atoms with Crippen LogP contribution in [0.1, 0.15) is 31.7 Å². The number of hydrogen-bond acceptors (Lipinski definition) is 5. The molecule has 1 atom stereocenters. The molecule has 0 aliphatic heterocycles. The maximum atomic E-state index is 11.6. The van der Waals surface area contributed by atoms with Gasteiger partial charge in [-0.15, -0.1) is 0 Å². The van der Waals surface area contributed by atoms with Crippen molar-refractivity contribution in [3.8, 4) is 0 Å². The van der Waals surface area contributed by atoms with Crippen LogP contribution in [0.2, 0.25) is 0 Å². The Labute approximate surface area is 118 Å². The van der Waals surface area contributed by atoms with Gasteiger partial charge < -0.3 is 13.8 Å². The van der Waals surface area contributed by atoms with Gasteiger partial charge in [-0.1, -0.05) is 5.16 Å². The molecule has 0 bridgehead atoms. The summed E-state index contributed by atoms with van der Waals surface area (Å²) in [5, 5.41) is 3.84. The van der Waals surface area contributed by atoms with Gasteiger partial charge in [0.05, 0.1) is 0 Å². The molecule has 102 valence electrons. The van der Waals surface area contributed by atoms with E-state index in [1.54, 1.807) is 12.3 Å². The first-order chi connectivity index (χ1) is 9.10. The molecule has 0 aromatic carbocycles. The van der Waals surface area contributed by atoms with Crippen LogP contribution < -0.4 is 5.56 Å². The summed E-state index contributed by atoms with van der Waals surface area (Å²) in [7, 11) is 0. The van der Waals surface area contributed by atoms with Crippen LogP contribution in [0, 0.1) is 0 Å². The van der Waals surface area contributed by atoms with Gasteiger partial charge in [-0.25, -0.2) is 0 Å². The first-order valence-corrected chi connectivity index (χ1v) is 6.69. The van der Waals surface area contributed by atoms with E-state index in [0.717, 1.165) is 4.47 Å². The van der Waals surface area contributed by atoms with E-state index in [2.05, 4.69) is 26.1 Å². The lowest BCUT2D eigenvalue weighted by atomic mass is 10.4. The molecule has 2 aromatic heterocycles. The second kappa shape index (κ2) is 6.12. The van der Waals surface area contributed by atoms with Crippen molar-refractivity contribution in [1.29, 1.82) is 0 Å². The predicted molar refractivity (Wildman–Crippen MR) is 71.8 cm³/mol. The first kappa shape index (κ1) is 14.0. The Kier molecular flexibility index (Phi) is 4.49. The third-order valence-corrected chi connectivity index (χ3v) is 2.99. The SMILES string of the molecule is CCOC(C)c1noc(Cn2cc(Br)ccc2=O)n1. The molecule has 0 amide bonds. The molecule has 0 N–H and O–H groups in total. The summed E-state index contributed by atoms with van der Waals surface area (Å²) in [6.45, 7) is 4.57. The number of ether oxygens (including phenoxy) is 1. The Morgan fingerprint density at radius 2 is 2.32 bits per heavy atom. The molecule has 0 saturated heterocycles. The molecular formula is C12H14BrN3O3. The Bertz CT molecular complexity index is 608. The summed E-state index contributed by atoms with van der Waals surface area (Å²) < 4.78 is 12.8. The minimum absolute atomic E-state index is 0.124. The monoisotopic (exact) mass is 327 g/mol. The van der Waals surface area contributed by atoms with E-state index in [1.165, 1.54) is 10.6 Å². The summed E-state index contributed by atoms with van der Waals surface area (Å²) in [6.07, 6.45) is 1.46. The molecule has 0 aliphatic rings. The number of pyridine rings is 1. The zero-order valence-electron chi connectivity index (χ0n) is 10.7. The third kappa shape index (κ3) is 3.51. The summed E-state index contributed by atoms with van der Waals surface area (Å²) in [6, 6.07) is 3.17. The van der Waals surface area contributed by atoms with Gasteiger partial charge in [0.2, 0.25) is 5.89 Å². The molecule has 19 heavy (non-hydrogen) atoms. The van der Waals surface area contributed by atoms with Gasteiger partial charge in [-0.05, 0) is 35.8 Å². The van der Waals surface area contributed by atoms with Crippen LogP contribution in [0.15, 0.2) is 32.1 Å². The van der Waals surface area contributed by atoms with Gasteiger partial charge in [0, 0.05) is 23.3 Å². The average molecular weight is 328 g/mol. The van der Waals surface area contributed by atoms with Crippen LogP contribution in [-0.4, -0.2) is 21.3 Å². The minimum Gasteiger partial charge on any atom is -0.371 e. The van der Waals surface area contributed by atoms with E-state index in [1.807, 2.05) is 13.8 Å². The van der Waals surface area contributed by atoms with Crippen molar-refractivity contribution in [2.75, 3.05) is 6.61 Å². The van der Waals surface area contributed by atoms with E-state index >= 15 is 0 Å². The first-order valence-electron chi connectivity index (χ1n) is 5.90. The summed E-state index contributed by atoms with van der Waals surface area (Å²) >= 11 is 3.31. The lowest BCUT2D eigenvalue weighted by Crippen LogP contribution is -2.19. The molecule has 0 spiro atoms. The van der Waals surface area contributed by atoms with E-state index in [0.29, 0.717) is 18.3 Å². The van der Waals surface area contributed by atoms with Crippen LogP contribution in [0.5, 0.6) is 0 Å². The Hall–Kier alpha value is -1.47. The zero-order valence-corrected chi connectivity index (χ0v) is 12.3. The normalized spacial score (nSPS) is 12.6. The molecule has 2 aromatic rings. The number of halogens is 1. The molecule has 0 fully saturated rings. The minimum atomic E-state index is -0.221. The average Bonchev–Trinajstić information content (AvgIpc) is 2.83. The molecular weight excluding hydrogens is 314 g/mol. The van der Waals surface area contributed by atoms with Crippen molar-refractivity contribution in [2.24, 2.45) is 0 Å². The molecule has 0 radical (unpaired) electrons. The second-order valence-electron chi connectivity index (χ2n) is 3.96. The van der Waals surface area contributed by atoms with Gasteiger partial charge in [0.25, 0.3) is 5.56 Å². The summed E-state index contributed by atoms with van der Waals surface area (Å²) in [5.74, 6) is 0.863. The van der Waals surface area contributed by atoms with Gasteiger partial charge >= 0.3 is 0 Å². The van der Waals surface area contributed by atoms with E-state index in [-0.39, 0.29) is 18.2 Å². The maximum Gasteiger partial charge on any atom is 0.251 e. The zero-order chi connectivity index (χ0) is 13.8. The largest absolute Gasteiger partial charge is 0.371 e. The fourth-order valence-electron chi connectivity index (χ4n) is 1.59. The van der Waals surface area contributed by atoms with Gasteiger partial charge in [0.15, 0.2) is 5.82 Å². The Morgan fingerprint density at radius 1 is 1.53 bits per heavy atom. The molecule has 6 nitrogen and oxygen atoms in total. The lowest BCUT2D eigenvalue weighted by molar-refractivity contribution is 0.0683. The molecule has 2 heterocycles. The number of rotatable bonds is 5. The van der Waals surface area contributed by atoms with Crippen molar-refractivity contribution in [1.82, 2.24) is 14.7 Å². The van der Waals surface area contributed by atoms with Crippen LogP contribution in [0.25, 0.3) is 0 Å². The fourth-order valence-corrected chi connectivity index (χ4v) is 1.97. The van der Waals surface area contributed by atoms with Crippen molar-refractivity contribution in [3.05, 3.63) is 44.9 Å². The summed E-state index contributed by atoms with van der Waals surface area (Å²) in [4.78, 5) is 15.9. The highest BCUT2D eigenvalue weighted by Crippen LogP contribution is 2.13. The molecule has 0 saturated carbocycles. The highest BCUT2D eigenvalue weighted by molar-refractivity contribution is 9.10. The van der Waals surface area contributed by atoms with Crippen LogP contribution >= 0.6 is 15.9 Å². The second-order valence-corrected chi connectivity index (χ2v) is 4.87. The quantitative estimate of drug-likeness (QED) is 0.841. The van der Waals surface area contributed by atoms with Crippen molar-refractivity contribution < 1.29 is 9.26 Å². The molecule has 2 rings (SSSR count). The number of aromatic nitrogens is 3. The highest BCUT2D eigenvalue weighted by Gasteiger charge is 2.14. The van der Waals surface area contributed by atoms with E-state index < -0.39 is 0 Å². The van der Waals surface area contributed by atoms with Gasteiger partial charge in [0.1, 0.15) is 12.6 Å². The summed E-state index contributed by atoms with van der Waals surface area (Å²) in [5.41, 5.74) is -0.124. The highest BCUT2D eigenvalue weighted by atomic mass is 79.9. The Morgan fingerprint density at radius 3 is 3.05 bits per heavy atom. The van der Waals surface area contributed by atoms with Crippen molar-refractivity contribution in [3.63, 3.8) is 0 Å². The molecule has 1 unspecified atom stereocenters. The van der Waals surface area contributed by atoms with E-state index in [9.17, 15) is 4.79 Å². The smallest absolute Gasteiger partial charge is 0.251 e. The van der Waals surface area contributed by atoms with Crippen LogP contribution in [0.3, 0.4) is 0 Å². The lowest BCUT2D eigenvalue weighted by Gasteiger charge is -2.05. The molecule has 0 aliphatic carbocycles. The standard InChI is InChI=1S/C12H14BrN3O3/c1-3-18-8(2)12-14-10(19-15-12)7-16-6-9(13)4-5-11(16)17/h4-6,8H,3,7H2,1-2H3. The van der Waals surface area contributed by atoms with Gasteiger partial charge in [-0.3, -0.25) is 4.79 Å². The van der Waals surface area contributed by atoms with E-state index in [4.69, 9.17) is 9.26 Å². The van der Waals surface area contributed by atoms with Crippen LogP contribution in [-0.2, 0) is 11.3 Å². The predicted octanol–water partition coefficient (Wildman–Crippen LogP) is 2.14. The topological polar surface area (TPSA) is 70.2 Å². The fraction of sp³-hybridized carbons (Fsp3) is 0.417. The van der Waals surface area contributed by atoms with Crippen molar-refractivity contribution >= 4 is 15.9 Å². The maximum absolute atomic E-state index is 11.6.